The fraction of sp³-hybridized carbons (Fsp3) is 0.455. The molecule has 0 aliphatic carbocycles. The van der Waals surface area contributed by atoms with Crippen LogP contribution in [0.2, 0.25) is 0 Å². The fourth-order valence-electron chi connectivity index (χ4n) is 1.67. The van der Waals surface area contributed by atoms with Gasteiger partial charge in [0.15, 0.2) is 0 Å². The van der Waals surface area contributed by atoms with Crippen LogP contribution in [-0.2, 0) is 15.1 Å². The molecule has 2 nitrogen and oxygen atoms in total. The van der Waals surface area contributed by atoms with Crippen molar-refractivity contribution in [1.82, 2.24) is 0 Å². The Hall–Kier alpha value is -0.570. The van der Waals surface area contributed by atoms with Crippen molar-refractivity contribution in [3.63, 3.8) is 0 Å². The van der Waals surface area contributed by atoms with Gasteiger partial charge in [-0.25, -0.2) is 0 Å². The molecule has 76 valence electrons. The van der Waals surface area contributed by atoms with Crippen LogP contribution in [-0.4, -0.2) is 19.3 Å². The highest BCUT2D eigenvalue weighted by molar-refractivity contribution is 6.18. The molecular formula is C11H13ClO2. The van der Waals surface area contributed by atoms with Gasteiger partial charge < -0.3 is 9.47 Å². The third-order valence-electron chi connectivity index (χ3n) is 2.58. The van der Waals surface area contributed by atoms with E-state index in [0.717, 1.165) is 12.0 Å². The van der Waals surface area contributed by atoms with Gasteiger partial charge in [0.25, 0.3) is 0 Å². The first-order chi connectivity index (χ1) is 6.87. The maximum Gasteiger partial charge on any atom is 0.147 e. The largest absolute Gasteiger partial charge is 0.355 e. The molecule has 1 atom stereocenters. The standard InChI is InChI=1S/C11H13ClO2/c12-8-11(6-7-13-9-14-11)10-4-2-1-3-5-10/h1-5H,6-9H2. The lowest BCUT2D eigenvalue weighted by molar-refractivity contribution is -0.189. The van der Waals surface area contributed by atoms with Gasteiger partial charge in [-0.05, 0) is 5.56 Å². The van der Waals surface area contributed by atoms with Gasteiger partial charge in [0.2, 0.25) is 0 Å². The Balaban J connectivity index is 2.27. The van der Waals surface area contributed by atoms with Gasteiger partial charge >= 0.3 is 0 Å². The molecule has 0 saturated carbocycles. The molecule has 0 radical (unpaired) electrons. The molecule has 1 unspecified atom stereocenters. The molecule has 0 spiro atoms. The number of hydrogen-bond acceptors (Lipinski definition) is 2. The Morgan fingerprint density at radius 1 is 1.29 bits per heavy atom. The van der Waals surface area contributed by atoms with E-state index in [0.29, 0.717) is 19.3 Å². The number of halogens is 1. The lowest BCUT2D eigenvalue weighted by Gasteiger charge is -2.35. The molecule has 2 rings (SSSR count). The summed E-state index contributed by atoms with van der Waals surface area (Å²) in [5, 5.41) is 0. The lowest BCUT2D eigenvalue weighted by Crippen LogP contribution is -2.38. The van der Waals surface area contributed by atoms with Gasteiger partial charge in [0.05, 0.1) is 12.5 Å². The zero-order chi connectivity index (χ0) is 9.86. The van der Waals surface area contributed by atoms with Gasteiger partial charge in [-0.3, -0.25) is 0 Å². The summed E-state index contributed by atoms with van der Waals surface area (Å²) in [7, 11) is 0. The van der Waals surface area contributed by atoms with Crippen molar-refractivity contribution in [3.8, 4) is 0 Å². The Bertz CT molecular complexity index is 281. The van der Waals surface area contributed by atoms with Gasteiger partial charge in [0, 0.05) is 6.42 Å². The SMILES string of the molecule is ClCC1(c2ccccc2)CCOCO1. The van der Waals surface area contributed by atoms with Crippen LogP contribution in [0, 0.1) is 0 Å². The first kappa shape index (κ1) is 9.97. The van der Waals surface area contributed by atoms with Gasteiger partial charge in [0.1, 0.15) is 12.4 Å². The van der Waals surface area contributed by atoms with Gasteiger partial charge in [-0.2, -0.15) is 0 Å². The molecule has 1 aliphatic heterocycles. The minimum absolute atomic E-state index is 0.335. The Morgan fingerprint density at radius 2 is 2.07 bits per heavy atom. The highest BCUT2D eigenvalue weighted by Crippen LogP contribution is 2.33. The van der Waals surface area contributed by atoms with Crippen LogP contribution in [0.15, 0.2) is 30.3 Å². The number of alkyl halides is 1. The highest BCUT2D eigenvalue weighted by Gasteiger charge is 2.34. The molecule has 0 amide bonds. The van der Waals surface area contributed by atoms with Crippen LogP contribution in [0.3, 0.4) is 0 Å². The lowest BCUT2D eigenvalue weighted by atomic mass is 9.92. The summed E-state index contributed by atoms with van der Waals surface area (Å²) in [5.74, 6) is 0.473. The van der Waals surface area contributed by atoms with Crippen molar-refractivity contribution >= 4 is 11.6 Å². The monoisotopic (exact) mass is 212 g/mol. The first-order valence-electron chi connectivity index (χ1n) is 4.71. The van der Waals surface area contributed by atoms with Crippen LogP contribution in [0.1, 0.15) is 12.0 Å². The summed E-state index contributed by atoms with van der Waals surface area (Å²) in [5.41, 5.74) is 0.791. The van der Waals surface area contributed by atoms with Crippen molar-refractivity contribution < 1.29 is 9.47 Å². The number of ether oxygens (including phenoxy) is 2. The molecule has 0 aromatic heterocycles. The van der Waals surface area contributed by atoms with E-state index in [9.17, 15) is 0 Å². The zero-order valence-corrected chi connectivity index (χ0v) is 8.67. The normalized spacial score (nSPS) is 27.5. The zero-order valence-electron chi connectivity index (χ0n) is 7.91. The fourth-order valence-corrected chi connectivity index (χ4v) is 2.04. The van der Waals surface area contributed by atoms with E-state index in [2.05, 4.69) is 0 Å². The average Bonchev–Trinajstić information content (AvgIpc) is 2.31. The third-order valence-corrected chi connectivity index (χ3v) is 3.02. The quantitative estimate of drug-likeness (QED) is 0.702. The second-order valence-corrected chi connectivity index (χ2v) is 3.68. The van der Waals surface area contributed by atoms with Crippen molar-refractivity contribution in [2.24, 2.45) is 0 Å². The highest BCUT2D eigenvalue weighted by atomic mass is 35.5. The van der Waals surface area contributed by atoms with Crippen molar-refractivity contribution in [3.05, 3.63) is 35.9 Å². The van der Waals surface area contributed by atoms with Crippen molar-refractivity contribution in [2.75, 3.05) is 19.3 Å². The van der Waals surface area contributed by atoms with Gasteiger partial charge in [-0.15, -0.1) is 11.6 Å². The minimum atomic E-state index is -0.346. The molecular weight excluding hydrogens is 200 g/mol. The summed E-state index contributed by atoms with van der Waals surface area (Å²) in [4.78, 5) is 0. The predicted octanol–water partition coefficient (Wildman–Crippen LogP) is 2.52. The second-order valence-electron chi connectivity index (χ2n) is 3.41. The summed E-state index contributed by atoms with van der Waals surface area (Å²) >= 11 is 5.99. The van der Waals surface area contributed by atoms with E-state index in [1.54, 1.807) is 0 Å². The Morgan fingerprint density at radius 3 is 2.64 bits per heavy atom. The van der Waals surface area contributed by atoms with Crippen LogP contribution >= 0.6 is 11.6 Å². The molecule has 1 aromatic carbocycles. The summed E-state index contributed by atoms with van der Waals surface area (Å²) < 4.78 is 10.8. The Labute approximate surface area is 88.8 Å². The van der Waals surface area contributed by atoms with Gasteiger partial charge in [-0.1, -0.05) is 30.3 Å². The van der Waals surface area contributed by atoms with Crippen LogP contribution in [0.5, 0.6) is 0 Å². The molecule has 1 saturated heterocycles. The summed E-state index contributed by atoms with van der Waals surface area (Å²) in [6.07, 6.45) is 0.820. The van der Waals surface area contributed by atoms with E-state index >= 15 is 0 Å². The maximum absolute atomic E-state index is 5.99. The summed E-state index contributed by atoms with van der Waals surface area (Å²) in [6.45, 7) is 1.04. The number of benzene rings is 1. The molecule has 0 bridgehead atoms. The second kappa shape index (κ2) is 4.30. The van der Waals surface area contributed by atoms with Crippen LogP contribution < -0.4 is 0 Å². The Kier molecular flexibility index (Phi) is 3.06. The molecule has 3 heteroatoms. The third kappa shape index (κ3) is 1.78. The molecule has 14 heavy (non-hydrogen) atoms. The van der Waals surface area contributed by atoms with E-state index < -0.39 is 0 Å². The molecule has 0 N–H and O–H groups in total. The van der Waals surface area contributed by atoms with Crippen LogP contribution in [0.4, 0.5) is 0 Å². The van der Waals surface area contributed by atoms with E-state index in [-0.39, 0.29) is 5.60 Å². The topological polar surface area (TPSA) is 18.5 Å². The molecule has 1 fully saturated rings. The van der Waals surface area contributed by atoms with E-state index in [1.165, 1.54) is 0 Å². The smallest absolute Gasteiger partial charge is 0.147 e. The van der Waals surface area contributed by atoms with E-state index in [1.807, 2.05) is 30.3 Å². The minimum Gasteiger partial charge on any atom is -0.355 e. The first-order valence-corrected chi connectivity index (χ1v) is 5.24. The number of rotatable bonds is 2. The summed E-state index contributed by atoms with van der Waals surface area (Å²) in [6, 6.07) is 10.1. The maximum atomic E-state index is 5.99. The molecule has 1 aliphatic rings. The molecule has 1 heterocycles. The van der Waals surface area contributed by atoms with E-state index in [4.69, 9.17) is 21.1 Å². The predicted molar refractivity (Wildman–Crippen MR) is 55.4 cm³/mol. The van der Waals surface area contributed by atoms with Crippen LogP contribution in [0.25, 0.3) is 0 Å². The molecule has 1 aromatic rings. The van der Waals surface area contributed by atoms with Crippen molar-refractivity contribution in [1.29, 1.82) is 0 Å². The average molecular weight is 213 g/mol. The van der Waals surface area contributed by atoms with Crippen molar-refractivity contribution in [2.45, 2.75) is 12.0 Å². The number of hydrogen-bond donors (Lipinski definition) is 0.